The van der Waals surface area contributed by atoms with Crippen LogP contribution in [0.2, 0.25) is 5.02 Å². The number of halogens is 1. The summed E-state index contributed by atoms with van der Waals surface area (Å²) in [5, 5.41) is 3.03. The van der Waals surface area contributed by atoms with Gasteiger partial charge in [-0.3, -0.25) is 4.79 Å². The normalized spacial score (nSPS) is 14.4. The summed E-state index contributed by atoms with van der Waals surface area (Å²) in [7, 11) is 0. The number of hydrogen-bond acceptors (Lipinski definition) is 6. The topological polar surface area (TPSA) is 87.0 Å². The van der Waals surface area contributed by atoms with Crippen molar-refractivity contribution in [1.82, 2.24) is 5.32 Å². The van der Waals surface area contributed by atoms with Crippen LogP contribution in [0, 0.1) is 0 Å². The molecular weight excluding hydrogens is 386 g/mol. The van der Waals surface area contributed by atoms with Gasteiger partial charge in [-0.2, -0.15) is 0 Å². The van der Waals surface area contributed by atoms with E-state index in [1.807, 2.05) is 0 Å². The first-order chi connectivity index (χ1) is 13.5. The number of nitrogens with one attached hydrogen (secondary N) is 1. The van der Waals surface area contributed by atoms with Gasteiger partial charge in [-0.05, 0) is 42.8 Å². The first-order valence-electron chi connectivity index (χ1n) is 8.81. The van der Waals surface area contributed by atoms with Crippen LogP contribution in [0.15, 0.2) is 41.0 Å². The van der Waals surface area contributed by atoms with E-state index in [-0.39, 0.29) is 6.54 Å². The van der Waals surface area contributed by atoms with Crippen molar-refractivity contribution in [3.05, 3.63) is 53.0 Å². The van der Waals surface area contributed by atoms with E-state index in [9.17, 15) is 9.59 Å². The summed E-state index contributed by atoms with van der Waals surface area (Å²) in [6.07, 6.45) is 4.10. The Morgan fingerprint density at radius 1 is 1.32 bits per heavy atom. The van der Waals surface area contributed by atoms with E-state index in [2.05, 4.69) is 5.32 Å². The number of furan rings is 1. The fourth-order valence-electron chi connectivity index (χ4n) is 2.51. The van der Waals surface area contributed by atoms with Gasteiger partial charge in [-0.1, -0.05) is 11.6 Å². The Morgan fingerprint density at radius 2 is 2.14 bits per heavy atom. The highest BCUT2D eigenvalue weighted by Gasteiger charge is 2.17. The number of rotatable bonds is 6. The molecule has 0 radical (unpaired) electrons. The molecule has 7 nitrogen and oxygen atoms in total. The number of hydrogen-bond donors (Lipinski definition) is 1. The maximum Gasteiger partial charge on any atom is 0.331 e. The minimum absolute atomic E-state index is 0.221. The molecule has 28 heavy (non-hydrogen) atoms. The number of amides is 1. The zero-order valence-electron chi connectivity index (χ0n) is 15.3. The van der Waals surface area contributed by atoms with Crippen molar-refractivity contribution >= 4 is 29.6 Å². The molecule has 1 atom stereocenters. The van der Waals surface area contributed by atoms with E-state index >= 15 is 0 Å². The van der Waals surface area contributed by atoms with Crippen LogP contribution in [0.4, 0.5) is 0 Å². The average Bonchev–Trinajstić information content (AvgIpc) is 3.08. The summed E-state index contributed by atoms with van der Waals surface area (Å²) in [6, 6.07) is 6.86. The quantitative estimate of drug-likeness (QED) is 0.585. The Morgan fingerprint density at radius 3 is 2.93 bits per heavy atom. The van der Waals surface area contributed by atoms with Crippen LogP contribution in [0.3, 0.4) is 0 Å². The second-order valence-corrected chi connectivity index (χ2v) is 6.50. The maximum absolute atomic E-state index is 12.0. The second-order valence-electron chi connectivity index (χ2n) is 6.09. The Kier molecular flexibility index (Phi) is 6.60. The van der Waals surface area contributed by atoms with Crippen LogP contribution < -0.4 is 14.8 Å². The van der Waals surface area contributed by atoms with E-state index in [0.29, 0.717) is 41.1 Å². The van der Waals surface area contributed by atoms with Gasteiger partial charge in [0.2, 0.25) is 0 Å². The fraction of sp³-hybridized carbons (Fsp3) is 0.300. The third-order valence-corrected chi connectivity index (χ3v) is 4.20. The predicted molar refractivity (Wildman–Crippen MR) is 102 cm³/mol. The molecule has 0 saturated heterocycles. The lowest BCUT2D eigenvalue weighted by molar-refractivity contribution is -0.150. The van der Waals surface area contributed by atoms with E-state index in [0.717, 1.165) is 6.42 Å². The molecule has 8 heteroatoms. The molecule has 0 unspecified atom stereocenters. The molecule has 0 aliphatic carbocycles. The molecule has 2 aromatic rings. The van der Waals surface area contributed by atoms with Gasteiger partial charge in [0.25, 0.3) is 5.91 Å². The van der Waals surface area contributed by atoms with Crippen molar-refractivity contribution in [3.8, 4) is 11.5 Å². The summed E-state index contributed by atoms with van der Waals surface area (Å²) in [5.41, 5.74) is 0.654. The van der Waals surface area contributed by atoms with Gasteiger partial charge in [0, 0.05) is 12.5 Å². The van der Waals surface area contributed by atoms with Gasteiger partial charge in [0.1, 0.15) is 5.76 Å². The third-order valence-electron chi connectivity index (χ3n) is 3.92. The molecule has 1 aromatic heterocycles. The van der Waals surface area contributed by atoms with Gasteiger partial charge in [-0.25, -0.2) is 4.79 Å². The van der Waals surface area contributed by atoms with Gasteiger partial charge < -0.3 is 23.9 Å². The standard InChI is InChI=1S/C20H20ClNO6/c1-13(20(24)22-12-15-4-2-7-25-15)28-18(23)6-5-14-10-16(21)19-17(11-14)26-8-3-9-27-19/h2,4-7,10-11,13H,3,8-9,12H2,1H3,(H,22,24)/b6-5+/t13-/m1/s1. The lowest BCUT2D eigenvalue weighted by Crippen LogP contribution is -2.35. The van der Waals surface area contributed by atoms with Crippen molar-refractivity contribution in [2.24, 2.45) is 0 Å². The van der Waals surface area contributed by atoms with Crippen LogP contribution in [-0.4, -0.2) is 31.2 Å². The molecule has 0 saturated carbocycles. The van der Waals surface area contributed by atoms with Gasteiger partial charge in [0.05, 0.1) is 31.0 Å². The van der Waals surface area contributed by atoms with Crippen molar-refractivity contribution in [3.63, 3.8) is 0 Å². The smallest absolute Gasteiger partial charge is 0.331 e. The molecular formula is C20H20ClNO6. The molecule has 1 aliphatic heterocycles. The first-order valence-corrected chi connectivity index (χ1v) is 9.18. The monoisotopic (exact) mass is 405 g/mol. The molecule has 148 valence electrons. The third kappa shape index (κ3) is 5.29. The molecule has 1 aliphatic rings. The van der Waals surface area contributed by atoms with Crippen LogP contribution in [0.5, 0.6) is 11.5 Å². The maximum atomic E-state index is 12.0. The van der Waals surface area contributed by atoms with Crippen LogP contribution >= 0.6 is 11.6 Å². The molecule has 1 aromatic carbocycles. The molecule has 0 bridgehead atoms. The van der Waals surface area contributed by atoms with E-state index < -0.39 is 18.0 Å². The summed E-state index contributed by atoms with van der Waals surface area (Å²) >= 11 is 6.22. The average molecular weight is 406 g/mol. The SMILES string of the molecule is C[C@@H](OC(=O)/C=C/c1cc(Cl)c2c(c1)OCCCO2)C(=O)NCc1ccco1. The number of ether oxygens (including phenoxy) is 3. The molecule has 1 amide bonds. The van der Waals surface area contributed by atoms with Crippen molar-refractivity contribution in [2.45, 2.75) is 26.0 Å². The van der Waals surface area contributed by atoms with E-state index in [1.165, 1.54) is 25.3 Å². The number of carbonyl (C=O) groups is 2. The number of benzene rings is 1. The molecule has 0 spiro atoms. The lowest BCUT2D eigenvalue weighted by Gasteiger charge is -2.12. The molecule has 3 rings (SSSR count). The van der Waals surface area contributed by atoms with Crippen molar-refractivity contribution in [2.75, 3.05) is 13.2 Å². The molecule has 1 N–H and O–H groups in total. The number of esters is 1. The Balaban J connectivity index is 1.55. The highest BCUT2D eigenvalue weighted by atomic mass is 35.5. The first kappa shape index (κ1) is 19.8. The van der Waals surface area contributed by atoms with Gasteiger partial charge >= 0.3 is 5.97 Å². The van der Waals surface area contributed by atoms with Crippen LogP contribution in [0.25, 0.3) is 6.08 Å². The summed E-state index contributed by atoms with van der Waals surface area (Å²) in [6.45, 7) is 2.78. The minimum atomic E-state index is -0.945. The van der Waals surface area contributed by atoms with E-state index in [1.54, 1.807) is 24.3 Å². The zero-order chi connectivity index (χ0) is 19.9. The Labute approximate surface area is 167 Å². The fourth-order valence-corrected chi connectivity index (χ4v) is 2.78. The minimum Gasteiger partial charge on any atom is -0.489 e. The van der Waals surface area contributed by atoms with Crippen LogP contribution in [0.1, 0.15) is 24.7 Å². The summed E-state index contributed by atoms with van der Waals surface area (Å²) < 4.78 is 21.4. The lowest BCUT2D eigenvalue weighted by atomic mass is 10.2. The molecule has 2 heterocycles. The second kappa shape index (κ2) is 9.32. The highest BCUT2D eigenvalue weighted by Crippen LogP contribution is 2.38. The largest absolute Gasteiger partial charge is 0.489 e. The van der Waals surface area contributed by atoms with Crippen LogP contribution in [-0.2, 0) is 20.9 Å². The Bertz CT molecular complexity index is 862. The Hall–Kier alpha value is -2.93. The van der Waals surface area contributed by atoms with Gasteiger partial charge in [-0.15, -0.1) is 0 Å². The van der Waals surface area contributed by atoms with Crippen molar-refractivity contribution < 1.29 is 28.2 Å². The number of carbonyl (C=O) groups excluding carboxylic acids is 2. The predicted octanol–water partition coefficient (Wildman–Crippen LogP) is 3.36. The van der Waals surface area contributed by atoms with Crippen molar-refractivity contribution in [1.29, 1.82) is 0 Å². The molecule has 0 fully saturated rings. The number of fused-ring (bicyclic) bond motifs is 1. The van der Waals surface area contributed by atoms with E-state index in [4.69, 9.17) is 30.2 Å². The summed E-state index contributed by atoms with van der Waals surface area (Å²) in [5.74, 6) is 0.572. The highest BCUT2D eigenvalue weighted by molar-refractivity contribution is 6.32. The van der Waals surface area contributed by atoms with Gasteiger partial charge in [0.15, 0.2) is 17.6 Å². The zero-order valence-corrected chi connectivity index (χ0v) is 16.0. The summed E-state index contributed by atoms with van der Waals surface area (Å²) in [4.78, 5) is 24.0.